The van der Waals surface area contributed by atoms with Gasteiger partial charge in [-0.15, -0.1) is 0 Å². The predicted octanol–water partition coefficient (Wildman–Crippen LogP) is 3.52. The molecule has 1 fully saturated rings. The van der Waals surface area contributed by atoms with Crippen molar-refractivity contribution >= 4 is 23.2 Å². The highest BCUT2D eigenvalue weighted by Crippen LogP contribution is 2.31. The molecule has 0 atom stereocenters. The minimum absolute atomic E-state index is 0.128. The molecule has 20 heavy (non-hydrogen) atoms. The lowest BCUT2D eigenvalue weighted by Crippen LogP contribution is -2.31. The minimum atomic E-state index is 0.128. The molecule has 0 unspecified atom stereocenters. The summed E-state index contributed by atoms with van der Waals surface area (Å²) in [5, 5.41) is 14.1. The third-order valence-electron chi connectivity index (χ3n) is 3.99. The van der Waals surface area contributed by atoms with E-state index >= 15 is 0 Å². The van der Waals surface area contributed by atoms with Gasteiger partial charge in [-0.2, -0.15) is 0 Å². The highest BCUT2D eigenvalue weighted by atomic mass is 35.5. The molecule has 112 valence electrons. The average molecular weight is 317 g/mol. The summed E-state index contributed by atoms with van der Waals surface area (Å²) in [6, 6.07) is 3.31. The third-order valence-corrected chi connectivity index (χ3v) is 4.50. The van der Waals surface area contributed by atoms with Gasteiger partial charge in [0.25, 0.3) is 0 Å². The molecule has 0 bridgehead atoms. The summed E-state index contributed by atoms with van der Waals surface area (Å²) >= 11 is 11.8. The second kappa shape index (κ2) is 7.51. The van der Waals surface area contributed by atoms with E-state index in [0.717, 1.165) is 18.0 Å². The molecular weight excluding hydrogens is 295 g/mol. The number of halogens is 2. The summed E-state index contributed by atoms with van der Waals surface area (Å²) in [6.07, 6.45) is 3.75. The molecule has 1 aliphatic rings. The molecular formula is C15H22Cl2N2O. The van der Waals surface area contributed by atoms with Crippen LogP contribution in [0, 0.1) is 5.92 Å². The van der Waals surface area contributed by atoms with E-state index in [1.807, 2.05) is 0 Å². The van der Waals surface area contributed by atoms with Gasteiger partial charge in [0.05, 0.1) is 5.02 Å². The fourth-order valence-corrected chi connectivity index (χ4v) is 3.17. The standard InChI is InChI=1S/C15H22Cl2N2O/c1-19-6-3-11(4-7-19)2-5-18-10-12-8-13(16)9-14(17)15(12)20/h8-9,11,18,20H,2-7,10H2,1H3. The van der Waals surface area contributed by atoms with Gasteiger partial charge in [0, 0.05) is 17.1 Å². The van der Waals surface area contributed by atoms with Gasteiger partial charge in [0.15, 0.2) is 0 Å². The summed E-state index contributed by atoms with van der Waals surface area (Å²) in [4.78, 5) is 2.38. The first-order valence-corrected chi connectivity index (χ1v) is 7.88. The molecule has 0 saturated carbocycles. The van der Waals surface area contributed by atoms with Crippen molar-refractivity contribution in [1.29, 1.82) is 0 Å². The molecule has 1 aromatic rings. The van der Waals surface area contributed by atoms with E-state index in [2.05, 4.69) is 17.3 Å². The summed E-state index contributed by atoms with van der Waals surface area (Å²) < 4.78 is 0. The number of aromatic hydroxyl groups is 1. The lowest BCUT2D eigenvalue weighted by Gasteiger charge is -2.28. The van der Waals surface area contributed by atoms with Crippen LogP contribution in [0.2, 0.25) is 10.0 Å². The zero-order chi connectivity index (χ0) is 14.5. The molecule has 1 aromatic carbocycles. The molecule has 5 heteroatoms. The van der Waals surface area contributed by atoms with Gasteiger partial charge in [-0.3, -0.25) is 0 Å². The number of nitrogens with one attached hydrogen (secondary N) is 1. The Morgan fingerprint density at radius 2 is 2.00 bits per heavy atom. The fourth-order valence-electron chi connectivity index (χ4n) is 2.63. The number of phenolic OH excluding ortho intramolecular Hbond substituents is 1. The Hall–Kier alpha value is -0.480. The van der Waals surface area contributed by atoms with Gasteiger partial charge < -0.3 is 15.3 Å². The SMILES string of the molecule is CN1CCC(CCNCc2cc(Cl)cc(Cl)c2O)CC1. The molecule has 0 aliphatic carbocycles. The largest absolute Gasteiger partial charge is 0.506 e. The van der Waals surface area contributed by atoms with Crippen molar-refractivity contribution in [3.05, 3.63) is 27.7 Å². The molecule has 0 spiro atoms. The summed E-state index contributed by atoms with van der Waals surface area (Å²) in [6.45, 7) is 3.96. The first-order chi connectivity index (χ1) is 9.56. The Morgan fingerprint density at radius 3 is 2.70 bits per heavy atom. The first kappa shape index (κ1) is 15.9. The smallest absolute Gasteiger partial charge is 0.138 e. The summed E-state index contributed by atoms with van der Waals surface area (Å²) in [5.74, 6) is 0.943. The van der Waals surface area contributed by atoms with Crippen LogP contribution in [0.3, 0.4) is 0 Å². The second-order valence-electron chi connectivity index (χ2n) is 5.61. The summed E-state index contributed by atoms with van der Waals surface area (Å²) in [5.41, 5.74) is 0.755. The van der Waals surface area contributed by atoms with Crippen LogP contribution in [0.5, 0.6) is 5.75 Å². The molecule has 1 heterocycles. The fraction of sp³-hybridized carbons (Fsp3) is 0.600. The van der Waals surface area contributed by atoms with E-state index in [1.54, 1.807) is 12.1 Å². The molecule has 2 rings (SSSR count). The Bertz CT molecular complexity index is 446. The van der Waals surface area contributed by atoms with E-state index in [0.29, 0.717) is 16.6 Å². The van der Waals surface area contributed by atoms with Crippen LogP contribution in [0.1, 0.15) is 24.8 Å². The van der Waals surface area contributed by atoms with Crippen LogP contribution in [-0.4, -0.2) is 36.7 Å². The van der Waals surface area contributed by atoms with Crippen molar-refractivity contribution in [2.24, 2.45) is 5.92 Å². The van der Waals surface area contributed by atoms with E-state index < -0.39 is 0 Å². The number of hydrogen-bond donors (Lipinski definition) is 2. The maximum atomic E-state index is 9.86. The number of phenols is 1. The van der Waals surface area contributed by atoms with Gasteiger partial charge in [-0.1, -0.05) is 23.2 Å². The number of likely N-dealkylation sites (tertiary alicyclic amines) is 1. The average Bonchev–Trinajstić information content (AvgIpc) is 2.42. The van der Waals surface area contributed by atoms with Crippen LogP contribution < -0.4 is 5.32 Å². The van der Waals surface area contributed by atoms with E-state index in [-0.39, 0.29) is 5.75 Å². The topological polar surface area (TPSA) is 35.5 Å². The number of rotatable bonds is 5. The number of nitrogens with zero attached hydrogens (tertiary/aromatic N) is 1. The van der Waals surface area contributed by atoms with Crippen LogP contribution in [0.4, 0.5) is 0 Å². The van der Waals surface area contributed by atoms with Crippen molar-refractivity contribution < 1.29 is 5.11 Å². The predicted molar refractivity (Wildman–Crippen MR) is 84.7 cm³/mol. The zero-order valence-corrected chi connectivity index (χ0v) is 13.3. The van der Waals surface area contributed by atoms with Crippen molar-refractivity contribution in [2.45, 2.75) is 25.8 Å². The Morgan fingerprint density at radius 1 is 1.30 bits per heavy atom. The normalized spacial score (nSPS) is 17.6. The monoisotopic (exact) mass is 316 g/mol. The second-order valence-corrected chi connectivity index (χ2v) is 6.45. The van der Waals surface area contributed by atoms with Crippen LogP contribution in [0.25, 0.3) is 0 Å². The van der Waals surface area contributed by atoms with Crippen LogP contribution in [0.15, 0.2) is 12.1 Å². The lowest BCUT2D eigenvalue weighted by molar-refractivity contribution is 0.211. The lowest BCUT2D eigenvalue weighted by atomic mass is 9.94. The summed E-state index contributed by atoms with van der Waals surface area (Å²) in [7, 11) is 2.18. The minimum Gasteiger partial charge on any atom is -0.506 e. The molecule has 0 radical (unpaired) electrons. The van der Waals surface area contributed by atoms with E-state index in [4.69, 9.17) is 23.2 Å². The van der Waals surface area contributed by atoms with Gasteiger partial charge in [0.2, 0.25) is 0 Å². The number of piperidine rings is 1. The maximum Gasteiger partial charge on any atom is 0.138 e. The van der Waals surface area contributed by atoms with Gasteiger partial charge in [0.1, 0.15) is 5.75 Å². The van der Waals surface area contributed by atoms with Crippen molar-refractivity contribution in [2.75, 3.05) is 26.7 Å². The van der Waals surface area contributed by atoms with Crippen molar-refractivity contribution in [3.8, 4) is 5.75 Å². The molecule has 0 amide bonds. The third kappa shape index (κ3) is 4.52. The van der Waals surface area contributed by atoms with Gasteiger partial charge in [-0.25, -0.2) is 0 Å². The van der Waals surface area contributed by atoms with E-state index in [1.165, 1.54) is 32.4 Å². The van der Waals surface area contributed by atoms with Crippen LogP contribution in [-0.2, 0) is 6.54 Å². The zero-order valence-electron chi connectivity index (χ0n) is 11.8. The molecule has 0 aromatic heterocycles. The number of hydrogen-bond acceptors (Lipinski definition) is 3. The molecule has 3 nitrogen and oxygen atoms in total. The highest BCUT2D eigenvalue weighted by Gasteiger charge is 2.16. The quantitative estimate of drug-likeness (QED) is 0.816. The molecule has 1 saturated heterocycles. The highest BCUT2D eigenvalue weighted by molar-refractivity contribution is 6.35. The van der Waals surface area contributed by atoms with Gasteiger partial charge in [-0.05, 0) is 64.0 Å². The first-order valence-electron chi connectivity index (χ1n) is 7.12. The molecule has 2 N–H and O–H groups in total. The van der Waals surface area contributed by atoms with Crippen LogP contribution >= 0.6 is 23.2 Å². The Balaban J connectivity index is 1.73. The Kier molecular flexibility index (Phi) is 5.97. The van der Waals surface area contributed by atoms with Crippen molar-refractivity contribution in [3.63, 3.8) is 0 Å². The molecule has 1 aliphatic heterocycles. The van der Waals surface area contributed by atoms with Gasteiger partial charge >= 0.3 is 0 Å². The maximum absolute atomic E-state index is 9.86. The Labute approximate surface area is 130 Å². The number of benzene rings is 1. The van der Waals surface area contributed by atoms with E-state index in [9.17, 15) is 5.11 Å². The van der Waals surface area contributed by atoms with Crippen molar-refractivity contribution in [1.82, 2.24) is 10.2 Å².